The number of rotatable bonds is 1. The lowest BCUT2D eigenvalue weighted by molar-refractivity contribution is 0.575. The molecular formula is C11H8F2N2. The van der Waals surface area contributed by atoms with Crippen molar-refractivity contribution in [1.29, 1.82) is 0 Å². The highest BCUT2D eigenvalue weighted by Gasteiger charge is 2.03. The zero-order chi connectivity index (χ0) is 10.8. The maximum Gasteiger partial charge on any atom is 0.216 e. The van der Waals surface area contributed by atoms with Crippen LogP contribution in [0.15, 0.2) is 30.3 Å². The Morgan fingerprint density at radius 3 is 2.27 bits per heavy atom. The second-order valence-corrected chi connectivity index (χ2v) is 3.13. The molecule has 76 valence electrons. The Bertz CT molecular complexity index is 460. The van der Waals surface area contributed by atoms with Gasteiger partial charge >= 0.3 is 0 Å². The first-order chi connectivity index (χ1) is 7.15. The highest BCUT2D eigenvalue weighted by Crippen LogP contribution is 2.17. The molecular weight excluding hydrogens is 198 g/mol. The largest absolute Gasteiger partial charge is 0.233 e. The predicted molar refractivity (Wildman–Crippen MR) is 52.1 cm³/mol. The average Bonchev–Trinajstić information content (AvgIpc) is 2.17. The van der Waals surface area contributed by atoms with Crippen LogP contribution in [0.2, 0.25) is 0 Å². The highest BCUT2D eigenvalue weighted by molar-refractivity contribution is 5.58. The lowest BCUT2D eigenvalue weighted by Gasteiger charge is -2.01. The second kappa shape index (κ2) is 3.73. The summed E-state index contributed by atoms with van der Waals surface area (Å²) in [5.41, 5.74) is 1.13. The number of aryl methyl sites for hydroxylation is 1. The van der Waals surface area contributed by atoms with Crippen molar-refractivity contribution in [3.05, 3.63) is 47.9 Å². The Kier molecular flexibility index (Phi) is 2.41. The molecule has 1 aromatic heterocycles. The average molecular weight is 206 g/mol. The summed E-state index contributed by atoms with van der Waals surface area (Å²) in [6, 6.07) is 6.95. The molecule has 2 aromatic rings. The van der Waals surface area contributed by atoms with E-state index in [-0.39, 0.29) is 5.82 Å². The molecule has 0 spiro atoms. The molecule has 0 N–H and O–H groups in total. The Morgan fingerprint density at radius 1 is 1.00 bits per heavy atom. The number of nitrogens with zero attached hydrogens (tertiary/aromatic N) is 2. The molecule has 2 rings (SSSR count). The van der Waals surface area contributed by atoms with Crippen LogP contribution in [0.4, 0.5) is 8.78 Å². The van der Waals surface area contributed by atoms with E-state index in [1.165, 1.54) is 18.2 Å². The fraction of sp³-hybridized carbons (Fsp3) is 0.0909. The van der Waals surface area contributed by atoms with Gasteiger partial charge in [-0.1, -0.05) is 0 Å². The van der Waals surface area contributed by atoms with Crippen molar-refractivity contribution in [3.8, 4) is 11.3 Å². The second-order valence-electron chi connectivity index (χ2n) is 3.13. The smallest absolute Gasteiger partial charge is 0.216 e. The molecule has 15 heavy (non-hydrogen) atoms. The van der Waals surface area contributed by atoms with Crippen molar-refractivity contribution < 1.29 is 8.78 Å². The molecule has 1 heterocycles. The summed E-state index contributed by atoms with van der Waals surface area (Å²) in [5, 5.41) is 0. The first-order valence-electron chi connectivity index (χ1n) is 4.42. The van der Waals surface area contributed by atoms with E-state index in [2.05, 4.69) is 9.97 Å². The Balaban J connectivity index is 2.49. The van der Waals surface area contributed by atoms with Gasteiger partial charge in [-0.2, -0.15) is 4.39 Å². The molecule has 0 aliphatic carbocycles. The number of halogens is 2. The zero-order valence-electron chi connectivity index (χ0n) is 8.04. The maximum atomic E-state index is 13.0. The first-order valence-corrected chi connectivity index (χ1v) is 4.42. The van der Waals surface area contributed by atoms with Crippen molar-refractivity contribution in [2.24, 2.45) is 0 Å². The van der Waals surface area contributed by atoms with Crippen LogP contribution in [-0.4, -0.2) is 9.97 Å². The summed E-state index contributed by atoms with van der Waals surface area (Å²) in [7, 11) is 0. The van der Waals surface area contributed by atoms with E-state index in [1.807, 2.05) is 0 Å². The molecule has 4 heteroatoms. The summed E-state index contributed by atoms with van der Waals surface area (Å²) >= 11 is 0. The van der Waals surface area contributed by atoms with Crippen LogP contribution in [0.1, 0.15) is 5.82 Å². The number of aromatic nitrogens is 2. The zero-order valence-corrected chi connectivity index (χ0v) is 8.04. The summed E-state index contributed by atoms with van der Waals surface area (Å²) in [6.07, 6.45) is 0. The first kappa shape index (κ1) is 9.71. The molecule has 0 aliphatic rings. The van der Waals surface area contributed by atoms with Gasteiger partial charge in [0.2, 0.25) is 5.95 Å². The SMILES string of the molecule is Cc1nc(F)cc(-c2ccc(F)cc2)n1. The molecule has 0 amide bonds. The molecule has 1 aromatic carbocycles. The van der Waals surface area contributed by atoms with Crippen LogP contribution in [0.3, 0.4) is 0 Å². The maximum absolute atomic E-state index is 13.0. The molecule has 0 saturated carbocycles. The number of hydrogen-bond donors (Lipinski definition) is 0. The van der Waals surface area contributed by atoms with Crippen LogP contribution in [0.5, 0.6) is 0 Å². The van der Waals surface area contributed by atoms with Gasteiger partial charge in [-0.15, -0.1) is 0 Å². The fourth-order valence-corrected chi connectivity index (χ4v) is 1.30. The number of benzene rings is 1. The Labute approximate surface area is 85.6 Å². The van der Waals surface area contributed by atoms with Gasteiger partial charge in [-0.3, -0.25) is 0 Å². The van der Waals surface area contributed by atoms with Crippen molar-refractivity contribution in [2.75, 3.05) is 0 Å². The van der Waals surface area contributed by atoms with Gasteiger partial charge in [0.15, 0.2) is 0 Å². The molecule has 2 nitrogen and oxygen atoms in total. The molecule has 0 aliphatic heterocycles. The van der Waals surface area contributed by atoms with E-state index in [0.717, 1.165) is 0 Å². The van der Waals surface area contributed by atoms with Gasteiger partial charge in [0, 0.05) is 11.6 Å². The lowest BCUT2D eigenvalue weighted by Crippen LogP contribution is -1.94. The van der Waals surface area contributed by atoms with Gasteiger partial charge in [-0.25, -0.2) is 14.4 Å². The Morgan fingerprint density at radius 2 is 1.67 bits per heavy atom. The summed E-state index contributed by atoms with van der Waals surface area (Å²) in [5.74, 6) is -0.554. The van der Waals surface area contributed by atoms with Crippen LogP contribution >= 0.6 is 0 Å². The minimum absolute atomic E-state index is 0.329. The van der Waals surface area contributed by atoms with E-state index in [4.69, 9.17) is 0 Å². The third-order valence-electron chi connectivity index (χ3n) is 1.95. The van der Waals surface area contributed by atoms with E-state index in [1.54, 1.807) is 19.1 Å². The van der Waals surface area contributed by atoms with Crippen molar-refractivity contribution in [3.63, 3.8) is 0 Å². The van der Waals surface area contributed by atoms with E-state index >= 15 is 0 Å². The third-order valence-corrected chi connectivity index (χ3v) is 1.95. The molecule has 0 atom stereocenters. The topological polar surface area (TPSA) is 25.8 Å². The van der Waals surface area contributed by atoms with E-state index in [0.29, 0.717) is 17.1 Å². The highest BCUT2D eigenvalue weighted by atomic mass is 19.1. The molecule has 0 saturated heterocycles. The standard InChI is InChI=1S/C11H8F2N2/c1-7-14-10(6-11(13)15-7)8-2-4-9(12)5-3-8/h2-6H,1H3. The van der Waals surface area contributed by atoms with Gasteiger partial charge in [-0.05, 0) is 31.2 Å². The lowest BCUT2D eigenvalue weighted by atomic mass is 10.1. The fourth-order valence-electron chi connectivity index (χ4n) is 1.30. The van der Waals surface area contributed by atoms with Crippen molar-refractivity contribution >= 4 is 0 Å². The van der Waals surface area contributed by atoms with Crippen LogP contribution in [0.25, 0.3) is 11.3 Å². The van der Waals surface area contributed by atoms with E-state index in [9.17, 15) is 8.78 Å². The van der Waals surface area contributed by atoms with Gasteiger partial charge in [0.05, 0.1) is 5.69 Å². The number of hydrogen-bond acceptors (Lipinski definition) is 2. The van der Waals surface area contributed by atoms with Gasteiger partial charge in [0.1, 0.15) is 11.6 Å². The minimum atomic E-state index is -0.582. The van der Waals surface area contributed by atoms with Crippen molar-refractivity contribution in [2.45, 2.75) is 6.92 Å². The molecule has 0 unspecified atom stereocenters. The molecule has 0 fully saturated rings. The molecule has 0 radical (unpaired) electrons. The quantitative estimate of drug-likeness (QED) is 0.670. The monoisotopic (exact) mass is 206 g/mol. The van der Waals surface area contributed by atoms with Gasteiger partial charge in [0.25, 0.3) is 0 Å². The predicted octanol–water partition coefficient (Wildman–Crippen LogP) is 2.73. The minimum Gasteiger partial charge on any atom is -0.233 e. The van der Waals surface area contributed by atoms with Crippen LogP contribution < -0.4 is 0 Å². The van der Waals surface area contributed by atoms with Crippen LogP contribution in [0, 0.1) is 18.7 Å². The Hall–Kier alpha value is -1.84. The third kappa shape index (κ3) is 2.15. The van der Waals surface area contributed by atoms with Crippen LogP contribution in [-0.2, 0) is 0 Å². The van der Waals surface area contributed by atoms with Crippen molar-refractivity contribution in [1.82, 2.24) is 9.97 Å². The van der Waals surface area contributed by atoms with E-state index < -0.39 is 5.95 Å². The normalized spacial score (nSPS) is 10.3. The summed E-state index contributed by atoms with van der Waals surface area (Å²) < 4.78 is 25.6. The summed E-state index contributed by atoms with van der Waals surface area (Å²) in [4.78, 5) is 7.59. The molecule has 0 bridgehead atoms. The van der Waals surface area contributed by atoms with Gasteiger partial charge < -0.3 is 0 Å². The summed E-state index contributed by atoms with van der Waals surface area (Å²) in [6.45, 7) is 1.61.